The van der Waals surface area contributed by atoms with E-state index in [2.05, 4.69) is 72.8 Å². The normalized spacial score (nSPS) is 12.7. The first-order chi connectivity index (χ1) is 10.3. The molecule has 23 heavy (non-hydrogen) atoms. The standard InChI is InChI=1S/C15H18I3NO3.Na/c1-3-5-12(20)19-14-11(17)7-10(16)9(13(14)18)6-8(4-2)15(21)22;/h7-8H,3-6H2,1-2H3,(H,19,20)(H,21,22);/q;+1/p-1. The number of aliphatic carboxylic acids is 1. The molecule has 0 spiro atoms. The molecule has 1 rings (SSSR count). The molecular weight excluding hydrogens is 646 g/mol. The summed E-state index contributed by atoms with van der Waals surface area (Å²) >= 11 is 6.58. The van der Waals surface area contributed by atoms with Gasteiger partial charge in [0.25, 0.3) is 0 Å². The molecule has 0 aliphatic carbocycles. The first-order valence-electron chi connectivity index (χ1n) is 6.95. The maximum absolute atomic E-state index is 11.8. The van der Waals surface area contributed by atoms with E-state index in [9.17, 15) is 15.0 Å². The molecule has 1 atom stereocenters. The van der Waals surface area contributed by atoms with Crippen LogP contribution < -0.4 is 34.7 Å². The fourth-order valence-electron chi connectivity index (χ4n) is 1.96. The van der Waals surface area contributed by atoms with E-state index in [-0.39, 0.29) is 35.5 Å². The SMILES string of the molecule is CCCC([O-])=Nc1c(I)cc(I)c(CC(CC)C(=O)O)c1I.[Na+]. The van der Waals surface area contributed by atoms with Crippen molar-refractivity contribution < 1.29 is 44.6 Å². The van der Waals surface area contributed by atoms with Crippen LogP contribution in [-0.2, 0) is 11.2 Å². The molecule has 0 radical (unpaired) electrons. The molecular formula is C15H17I3NNaO3. The Hall–Kier alpha value is 1.35. The summed E-state index contributed by atoms with van der Waals surface area (Å²) < 4.78 is 2.83. The minimum absolute atomic E-state index is 0. The van der Waals surface area contributed by atoms with Crippen LogP contribution in [0.3, 0.4) is 0 Å². The van der Waals surface area contributed by atoms with Gasteiger partial charge in [-0.3, -0.25) is 9.79 Å². The number of hydrogen-bond acceptors (Lipinski definition) is 3. The third-order valence-corrected chi connectivity index (χ3v) is 6.18. The van der Waals surface area contributed by atoms with Gasteiger partial charge in [-0.25, -0.2) is 0 Å². The molecule has 4 nitrogen and oxygen atoms in total. The molecule has 0 bridgehead atoms. The Bertz CT molecular complexity index is 594. The summed E-state index contributed by atoms with van der Waals surface area (Å²) in [5, 5.41) is 21.1. The molecule has 122 valence electrons. The predicted octanol–water partition coefficient (Wildman–Crippen LogP) is 1.35. The second-order valence-corrected chi connectivity index (χ2v) is 8.29. The number of hydrogen-bond donors (Lipinski definition) is 1. The van der Waals surface area contributed by atoms with Crippen LogP contribution in [0.1, 0.15) is 38.7 Å². The largest absolute Gasteiger partial charge is 1.00 e. The Morgan fingerprint density at radius 1 is 1.30 bits per heavy atom. The van der Waals surface area contributed by atoms with Gasteiger partial charge in [0.05, 0.1) is 11.6 Å². The number of rotatable bonds is 7. The fourth-order valence-corrected chi connectivity index (χ4v) is 6.01. The Labute approximate surface area is 200 Å². The number of carbonyl (C=O) groups is 1. The van der Waals surface area contributed by atoms with E-state index in [4.69, 9.17) is 0 Å². The minimum atomic E-state index is -0.784. The second kappa shape index (κ2) is 11.9. The van der Waals surface area contributed by atoms with Gasteiger partial charge in [-0.05, 0) is 105 Å². The Morgan fingerprint density at radius 3 is 2.39 bits per heavy atom. The van der Waals surface area contributed by atoms with E-state index in [1.165, 1.54) is 0 Å². The average Bonchev–Trinajstić information content (AvgIpc) is 2.43. The molecule has 0 aliphatic rings. The van der Waals surface area contributed by atoms with Crippen molar-refractivity contribution in [2.24, 2.45) is 10.9 Å². The van der Waals surface area contributed by atoms with Crippen LogP contribution in [-0.4, -0.2) is 17.0 Å². The van der Waals surface area contributed by atoms with Crippen LogP contribution >= 0.6 is 67.8 Å². The summed E-state index contributed by atoms with van der Waals surface area (Å²) in [6.45, 7) is 3.82. The predicted molar refractivity (Wildman–Crippen MR) is 112 cm³/mol. The number of carboxylic acid groups (broad SMARTS) is 1. The molecule has 0 saturated heterocycles. The third-order valence-electron chi connectivity index (χ3n) is 3.23. The zero-order chi connectivity index (χ0) is 16.9. The van der Waals surface area contributed by atoms with Gasteiger partial charge in [0, 0.05) is 10.7 Å². The van der Waals surface area contributed by atoms with E-state index in [0.717, 1.165) is 22.7 Å². The van der Waals surface area contributed by atoms with Gasteiger partial charge in [0.1, 0.15) is 0 Å². The molecule has 0 saturated carbocycles. The van der Waals surface area contributed by atoms with Crippen molar-refractivity contribution in [1.29, 1.82) is 0 Å². The number of halogens is 3. The molecule has 0 aliphatic heterocycles. The van der Waals surface area contributed by atoms with Crippen molar-refractivity contribution in [3.05, 3.63) is 22.3 Å². The summed E-state index contributed by atoms with van der Waals surface area (Å²) in [5.74, 6) is -1.33. The van der Waals surface area contributed by atoms with Crippen LogP contribution in [0.2, 0.25) is 0 Å². The fraction of sp³-hybridized carbons (Fsp3) is 0.467. The Balaban J connectivity index is 0.00000484. The van der Waals surface area contributed by atoms with Gasteiger partial charge in [-0.2, -0.15) is 0 Å². The van der Waals surface area contributed by atoms with Gasteiger partial charge in [0.2, 0.25) is 0 Å². The van der Waals surface area contributed by atoms with Gasteiger partial charge in [-0.15, -0.1) is 0 Å². The summed E-state index contributed by atoms with van der Waals surface area (Å²) in [4.78, 5) is 15.5. The zero-order valence-corrected chi connectivity index (χ0v) is 21.8. The van der Waals surface area contributed by atoms with Crippen molar-refractivity contribution in [2.45, 2.75) is 39.5 Å². The van der Waals surface area contributed by atoms with Crippen LogP contribution in [0.4, 0.5) is 5.69 Å². The molecule has 0 heterocycles. The monoisotopic (exact) mass is 663 g/mol. The van der Waals surface area contributed by atoms with E-state index in [0.29, 0.717) is 24.9 Å². The van der Waals surface area contributed by atoms with Crippen molar-refractivity contribution in [3.63, 3.8) is 0 Å². The summed E-state index contributed by atoms with van der Waals surface area (Å²) in [6, 6.07) is 1.96. The number of carboxylic acids is 1. The zero-order valence-electron chi connectivity index (χ0n) is 13.3. The maximum Gasteiger partial charge on any atom is 1.00 e. The quantitative estimate of drug-likeness (QED) is 0.208. The van der Waals surface area contributed by atoms with Gasteiger partial charge < -0.3 is 10.2 Å². The van der Waals surface area contributed by atoms with Gasteiger partial charge in [0.15, 0.2) is 0 Å². The minimum Gasteiger partial charge on any atom is -0.862 e. The van der Waals surface area contributed by atoms with Crippen LogP contribution in [0.15, 0.2) is 11.1 Å². The maximum atomic E-state index is 11.8. The molecule has 0 amide bonds. The topological polar surface area (TPSA) is 72.7 Å². The molecule has 0 aromatic heterocycles. The Kier molecular flexibility index (Phi) is 12.6. The van der Waals surface area contributed by atoms with E-state index >= 15 is 0 Å². The van der Waals surface area contributed by atoms with Crippen molar-refractivity contribution in [2.75, 3.05) is 0 Å². The summed E-state index contributed by atoms with van der Waals surface area (Å²) in [6.07, 6.45) is 2.24. The molecule has 8 heteroatoms. The van der Waals surface area contributed by atoms with E-state index in [1.807, 2.05) is 19.9 Å². The third kappa shape index (κ3) is 7.24. The second-order valence-electron chi connectivity index (χ2n) is 4.88. The average molecular weight is 663 g/mol. The number of aliphatic imine (C=N–C) groups is 1. The van der Waals surface area contributed by atoms with E-state index < -0.39 is 11.9 Å². The molecule has 1 unspecified atom stereocenters. The number of benzene rings is 1. The van der Waals surface area contributed by atoms with Crippen molar-refractivity contribution in [1.82, 2.24) is 0 Å². The van der Waals surface area contributed by atoms with Gasteiger partial charge >= 0.3 is 35.5 Å². The van der Waals surface area contributed by atoms with Crippen molar-refractivity contribution in [3.8, 4) is 0 Å². The molecule has 0 fully saturated rings. The Morgan fingerprint density at radius 2 is 1.91 bits per heavy atom. The molecule has 1 aromatic carbocycles. The smallest absolute Gasteiger partial charge is 0.862 e. The van der Waals surface area contributed by atoms with Gasteiger partial charge in [-0.1, -0.05) is 20.3 Å². The first kappa shape index (κ1) is 24.4. The molecule has 1 N–H and O–H groups in total. The number of nitrogens with zero attached hydrogens (tertiary/aromatic N) is 1. The van der Waals surface area contributed by atoms with Crippen LogP contribution in [0.5, 0.6) is 0 Å². The first-order valence-corrected chi connectivity index (χ1v) is 10.2. The molecule has 1 aromatic rings. The van der Waals surface area contributed by atoms with Crippen LogP contribution in [0, 0.1) is 16.6 Å². The van der Waals surface area contributed by atoms with Crippen LogP contribution in [0.25, 0.3) is 0 Å². The summed E-state index contributed by atoms with van der Waals surface area (Å²) in [7, 11) is 0. The van der Waals surface area contributed by atoms with Crippen molar-refractivity contribution >= 4 is 85.3 Å². The summed E-state index contributed by atoms with van der Waals surface area (Å²) in [5.41, 5.74) is 1.65. The van der Waals surface area contributed by atoms with E-state index in [1.54, 1.807) is 0 Å².